The van der Waals surface area contributed by atoms with Crippen LogP contribution in [0.4, 0.5) is 10.1 Å². The van der Waals surface area contributed by atoms with Crippen molar-refractivity contribution in [1.29, 1.82) is 0 Å². The summed E-state index contributed by atoms with van der Waals surface area (Å²) in [7, 11) is 0. The zero-order chi connectivity index (χ0) is 23.9. The Morgan fingerprint density at radius 1 is 1.17 bits per heavy atom. The number of morpholine rings is 1. The summed E-state index contributed by atoms with van der Waals surface area (Å²) in [6, 6.07) is 9.70. The number of hydrogen-bond donors (Lipinski definition) is 2. The van der Waals surface area contributed by atoms with E-state index in [2.05, 4.69) is 25.4 Å². The molecule has 11 heteroatoms. The highest BCUT2D eigenvalue weighted by atomic mass is 19.1. The third kappa shape index (κ3) is 4.02. The molecule has 0 bridgehead atoms. The normalized spacial score (nSPS) is 16.5. The first-order chi connectivity index (χ1) is 17.1. The molecule has 1 amide bonds. The number of aromatic nitrogens is 5. The van der Waals surface area contributed by atoms with E-state index < -0.39 is 5.82 Å². The van der Waals surface area contributed by atoms with Crippen molar-refractivity contribution >= 4 is 22.8 Å². The van der Waals surface area contributed by atoms with Gasteiger partial charge in [0.15, 0.2) is 23.1 Å². The molecule has 4 aromatic rings. The van der Waals surface area contributed by atoms with E-state index in [9.17, 15) is 4.79 Å². The summed E-state index contributed by atoms with van der Waals surface area (Å²) in [5.41, 5.74) is 3.65. The maximum Gasteiger partial charge on any atom is 0.287 e. The van der Waals surface area contributed by atoms with E-state index in [1.165, 1.54) is 4.68 Å². The Morgan fingerprint density at radius 2 is 2.00 bits per heavy atom. The number of carbonyl (C=O) groups excluding carboxylic acids is 1. The Bertz CT molecular complexity index is 1410. The summed E-state index contributed by atoms with van der Waals surface area (Å²) in [6.07, 6.45) is 1.68. The molecule has 0 aliphatic carbocycles. The lowest BCUT2D eigenvalue weighted by molar-refractivity contribution is -0.00362. The average Bonchev–Trinajstić information content (AvgIpc) is 3.49. The number of amides is 1. The maximum absolute atomic E-state index is 16.1. The fourth-order valence-electron chi connectivity index (χ4n) is 4.29. The van der Waals surface area contributed by atoms with Gasteiger partial charge in [0.2, 0.25) is 0 Å². The molecular formula is C24H24FN7O3. The number of hydrogen-bond acceptors (Lipinski definition) is 7. The number of halogens is 1. The first-order valence-electron chi connectivity index (χ1n) is 11.5. The van der Waals surface area contributed by atoms with Gasteiger partial charge in [-0.2, -0.15) is 5.10 Å². The highest BCUT2D eigenvalue weighted by molar-refractivity contribution is 5.97. The predicted octanol–water partition coefficient (Wildman–Crippen LogP) is 2.22. The molecule has 0 saturated carbocycles. The lowest BCUT2D eigenvalue weighted by atomic mass is 10.1. The summed E-state index contributed by atoms with van der Waals surface area (Å²) in [5, 5.41) is 7.43. The molecule has 10 nitrogen and oxygen atoms in total. The van der Waals surface area contributed by atoms with Crippen molar-refractivity contribution in [1.82, 2.24) is 30.0 Å². The van der Waals surface area contributed by atoms with E-state index >= 15 is 4.39 Å². The van der Waals surface area contributed by atoms with Crippen molar-refractivity contribution < 1.29 is 18.7 Å². The largest absolute Gasteiger partial charge is 0.378 e. The van der Waals surface area contributed by atoms with Crippen LogP contribution in [0.2, 0.25) is 0 Å². The number of benzene rings is 1. The van der Waals surface area contributed by atoms with Gasteiger partial charge in [-0.25, -0.2) is 19.0 Å². The van der Waals surface area contributed by atoms with Crippen LogP contribution >= 0.6 is 0 Å². The molecule has 2 fully saturated rings. The minimum absolute atomic E-state index is 0.0174. The van der Waals surface area contributed by atoms with Gasteiger partial charge in [0, 0.05) is 24.8 Å². The molecule has 2 saturated heterocycles. The summed E-state index contributed by atoms with van der Waals surface area (Å²) in [5.74, 6) is -0.830. The predicted molar refractivity (Wildman–Crippen MR) is 126 cm³/mol. The zero-order valence-corrected chi connectivity index (χ0v) is 19.1. The number of ether oxygens (including phenoxy) is 2. The van der Waals surface area contributed by atoms with Crippen molar-refractivity contribution in [3.8, 4) is 17.1 Å². The van der Waals surface area contributed by atoms with E-state index in [1.54, 1.807) is 6.20 Å². The highest BCUT2D eigenvalue weighted by Gasteiger charge is 2.28. The Hall–Kier alpha value is -3.83. The van der Waals surface area contributed by atoms with Crippen LogP contribution in [0.25, 0.3) is 28.2 Å². The van der Waals surface area contributed by atoms with Crippen LogP contribution in [-0.2, 0) is 9.47 Å². The standard InChI is InChI=1S/C24H24FN7O3/c1-14-3-2-4-15(11-14)17-5-6-32(30-17)23-18(25)20(31-7-9-34-10-8-31)19-21(29-23)28-22(27-19)24(33)26-16-12-35-13-16/h2-6,11,16H,7-10,12-13H2,1H3,(H,26,33)(H,27,28,29). The van der Waals surface area contributed by atoms with Crippen molar-refractivity contribution in [2.45, 2.75) is 13.0 Å². The van der Waals surface area contributed by atoms with Crippen molar-refractivity contribution in [3.05, 3.63) is 53.7 Å². The number of H-pyrrole nitrogens is 1. The summed E-state index contributed by atoms with van der Waals surface area (Å²) in [4.78, 5) is 26.4. The number of fused-ring (bicyclic) bond motifs is 1. The molecule has 0 unspecified atom stereocenters. The number of aromatic amines is 1. The van der Waals surface area contributed by atoms with Gasteiger partial charge in [0.25, 0.3) is 5.91 Å². The Morgan fingerprint density at radius 3 is 2.74 bits per heavy atom. The Balaban J connectivity index is 1.44. The first kappa shape index (κ1) is 21.7. The molecule has 180 valence electrons. The van der Waals surface area contributed by atoms with Gasteiger partial charge in [-0.3, -0.25) is 4.79 Å². The number of imidazole rings is 1. The number of rotatable bonds is 5. The monoisotopic (exact) mass is 477 g/mol. The van der Waals surface area contributed by atoms with Crippen molar-refractivity contribution in [2.75, 3.05) is 44.4 Å². The molecule has 0 atom stereocenters. The van der Waals surface area contributed by atoms with Crippen molar-refractivity contribution in [3.63, 3.8) is 0 Å². The first-order valence-corrected chi connectivity index (χ1v) is 11.5. The van der Waals surface area contributed by atoms with E-state index in [0.717, 1.165) is 11.1 Å². The smallest absolute Gasteiger partial charge is 0.287 e. The van der Waals surface area contributed by atoms with Gasteiger partial charge in [0.1, 0.15) is 11.2 Å². The number of nitrogens with one attached hydrogen (secondary N) is 2. The number of carbonyl (C=O) groups is 1. The molecule has 0 radical (unpaired) electrons. The molecule has 2 aliphatic rings. The molecule has 2 N–H and O–H groups in total. The van der Waals surface area contributed by atoms with Crippen LogP contribution in [0, 0.1) is 12.7 Å². The van der Waals surface area contributed by atoms with Crippen molar-refractivity contribution in [2.24, 2.45) is 0 Å². The number of aryl methyl sites for hydroxylation is 1. The minimum Gasteiger partial charge on any atom is -0.378 e. The molecule has 1 aromatic carbocycles. The average molecular weight is 478 g/mol. The second-order valence-electron chi connectivity index (χ2n) is 8.70. The lowest BCUT2D eigenvalue weighted by Crippen LogP contribution is -2.48. The van der Waals surface area contributed by atoms with Gasteiger partial charge >= 0.3 is 0 Å². The minimum atomic E-state index is -0.540. The molecule has 2 aliphatic heterocycles. The number of nitrogens with zero attached hydrogens (tertiary/aromatic N) is 5. The van der Waals surface area contributed by atoms with E-state index in [4.69, 9.17) is 9.47 Å². The van der Waals surface area contributed by atoms with Crippen LogP contribution in [0.1, 0.15) is 16.2 Å². The van der Waals surface area contributed by atoms with E-state index in [-0.39, 0.29) is 29.2 Å². The summed E-state index contributed by atoms with van der Waals surface area (Å²) in [6.45, 7) is 4.89. The Kier molecular flexibility index (Phi) is 5.42. The second kappa shape index (κ2) is 8.75. The van der Waals surface area contributed by atoms with Gasteiger partial charge in [-0.15, -0.1) is 0 Å². The zero-order valence-electron chi connectivity index (χ0n) is 19.1. The highest BCUT2D eigenvalue weighted by Crippen LogP contribution is 2.32. The van der Waals surface area contributed by atoms with E-state index in [1.807, 2.05) is 42.2 Å². The van der Waals surface area contributed by atoms with E-state index in [0.29, 0.717) is 56.4 Å². The molecular weight excluding hydrogens is 453 g/mol. The quantitative estimate of drug-likeness (QED) is 0.454. The SMILES string of the molecule is Cc1cccc(-c2ccn(-c3nc4nc(C(=O)NC5COC5)[nH]c4c(N4CCOCC4)c3F)n2)c1. The third-order valence-corrected chi connectivity index (χ3v) is 6.17. The summed E-state index contributed by atoms with van der Waals surface area (Å²) < 4.78 is 28.0. The van der Waals surface area contributed by atoms with Crippen LogP contribution in [0.5, 0.6) is 0 Å². The van der Waals surface area contributed by atoms with Crippen LogP contribution < -0.4 is 10.2 Å². The number of pyridine rings is 1. The maximum atomic E-state index is 16.1. The number of anilines is 1. The molecule has 0 spiro atoms. The van der Waals surface area contributed by atoms with Crippen LogP contribution in [0.15, 0.2) is 36.5 Å². The molecule has 3 aromatic heterocycles. The molecule has 35 heavy (non-hydrogen) atoms. The Labute approximate surface area is 200 Å². The topological polar surface area (TPSA) is 110 Å². The fraction of sp³-hybridized carbons (Fsp3) is 0.333. The van der Waals surface area contributed by atoms with Crippen LogP contribution in [0.3, 0.4) is 0 Å². The van der Waals surface area contributed by atoms with Gasteiger partial charge in [-0.1, -0.05) is 23.8 Å². The molecule has 5 heterocycles. The third-order valence-electron chi connectivity index (χ3n) is 6.17. The lowest BCUT2D eigenvalue weighted by Gasteiger charge is -2.29. The van der Waals surface area contributed by atoms with Crippen LogP contribution in [-0.4, -0.2) is 76.2 Å². The fourth-order valence-corrected chi connectivity index (χ4v) is 4.29. The van der Waals surface area contributed by atoms with Gasteiger partial charge in [0.05, 0.1) is 38.2 Å². The second-order valence-corrected chi connectivity index (χ2v) is 8.70. The molecule has 6 rings (SSSR count). The summed E-state index contributed by atoms with van der Waals surface area (Å²) >= 11 is 0. The van der Waals surface area contributed by atoms with Gasteiger partial charge < -0.3 is 24.7 Å². The van der Waals surface area contributed by atoms with Gasteiger partial charge in [-0.05, 0) is 19.1 Å².